The Hall–Kier alpha value is -5.32. The van der Waals surface area contributed by atoms with Crippen molar-refractivity contribution in [1.82, 2.24) is 24.4 Å². The van der Waals surface area contributed by atoms with Gasteiger partial charge in [0.25, 0.3) is 11.5 Å². The lowest BCUT2D eigenvalue weighted by Crippen LogP contribution is -2.53. The smallest absolute Gasteiger partial charge is 0.411 e. The maximum atomic E-state index is 15.3. The third-order valence-electron chi connectivity index (χ3n) is 7.93. The van der Waals surface area contributed by atoms with Crippen LogP contribution in [0.15, 0.2) is 52.3 Å². The van der Waals surface area contributed by atoms with Crippen LogP contribution in [0.25, 0.3) is 16.9 Å². The van der Waals surface area contributed by atoms with Crippen LogP contribution in [0, 0.1) is 12.7 Å². The van der Waals surface area contributed by atoms with Gasteiger partial charge in [-0.05, 0) is 36.2 Å². The Balaban J connectivity index is 1.38. The number of aromatic nitrogens is 4. The van der Waals surface area contributed by atoms with Crippen LogP contribution in [0.1, 0.15) is 21.5 Å². The summed E-state index contributed by atoms with van der Waals surface area (Å²) in [5.74, 6) is -2.63. The molecule has 3 aromatic heterocycles. The molecule has 4 aromatic rings. The lowest BCUT2D eigenvalue weighted by atomic mass is 10.0. The number of esters is 1. The van der Waals surface area contributed by atoms with Crippen LogP contribution in [0.5, 0.6) is 5.75 Å². The maximum Gasteiger partial charge on any atom is 0.411 e. The molecule has 254 valence electrons. The molecule has 0 radical (unpaired) electrons. The predicted octanol–water partition coefficient (Wildman–Crippen LogP) is 2.22. The number of fused-ring (bicyclic) bond motifs is 1. The summed E-state index contributed by atoms with van der Waals surface area (Å²) in [6, 6.07) is 3.13. The lowest BCUT2D eigenvalue weighted by molar-refractivity contribution is -0.167. The van der Waals surface area contributed by atoms with Crippen LogP contribution >= 0.6 is 0 Å². The number of hydrogen-bond acceptors (Lipinski definition) is 10. The third kappa shape index (κ3) is 6.58. The van der Waals surface area contributed by atoms with E-state index in [2.05, 4.69) is 15.3 Å². The van der Waals surface area contributed by atoms with Crippen LogP contribution in [0.4, 0.5) is 23.2 Å². The minimum Gasteiger partial charge on any atom is -0.495 e. The van der Waals surface area contributed by atoms with E-state index in [1.54, 1.807) is 0 Å². The molecule has 0 bridgehead atoms. The molecule has 0 saturated carbocycles. The molecule has 5 rings (SSSR count). The first-order chi connectivity index (χ1) is 22.7. The van der Waals surface area contributed by atoms with Crippen LogP contribution in [-0.4, -0.2) is 83.2 Å². The van der Waals surface area contributed by atoms with E-state index in [0.717, 1.165) is 22.6 Å². The molecule has 1 aliphatic rings. The lowest BCUT2D eigenvalue weighted by Gasteiger charge is -2.38. The fourth-order valence-electron chi connectivity index (χ4n) is 5.45. The zero-order valence-corrected chi connectivity index (χ0v) is 26.1. The molecule has 1 saturated heterocycles. The van der Waals surface area contributed by atoms with Gasteiger partial charge in [-0.1, -0.05) is 6.07 Å². The number of carbonyl (C=O) groups is 2. The van der Waals surface area contributed by atoms with E-state index in [1.165, 1.54) is 62.3 Å². The van der Waals surface area contributed by atoms with Gasteiger partial charge in [-0.25, -0.2) is 28.5 Å². The Morgan fingerprint density at radius 2 is 1.88 bits per heavy atom. The number of hydrogen-bond donors (Lipinski definition) is 1. The van der Waals surface area contributed by atoms with Crippen LogP contribution in [0.3, 0.4) is 0 Å². The molecule has 0 spiro atoms. The maximum absolute atomic E-state index is 15.3. The summed E-state index contributed by atoms with van der Waals surface area (Å²) in [6.07, 6.45) is -2.19. The first kappa shape index (κ1) is 34.0. The third-order valence-corrected chi connectivity index (χ3v) is 7.93. The minimum atomic E-state index is -4.63. The molecule has 2 atom stereocenters. The zero-order valence-electron chi connectivity index (χ0n) is 26.1. The molecular formula is C31H30F4N6O7. The average molecular weight is 675 g/mol. The van der Waals surface area contributed by atoms with E-state index < -0.39 is 59.4 Å². The highest BCUT2D eigenvalue weighted by Crippen LogP contribution is 2.33. The average Bonchev–Trinajstić information content (AvgIpc) is 3.06. The molecule has 4 heterocycles. The molecular weight excluding hydrogens is 644 g/mol. The minimum absolute atomic E-state index is 0.00193. The van der Waals surface area contributed by atoms with Gasteiger partial charge >= 0.3 is 17.8 Å². The van der Waals surface area contributed by atoms with Crippen LogP contribution in [-0.2, 0) is 27.7 Å². The van der Waals surface area contributed by atoms with E-state index in [-0.39, 0.29) is 47.7 Å². The van der Waals surface area contributed by atoms with Crippen molar-refractivity contribution in [2.75, 3.05) is 38.9 Å². The zero-order chi connectivity index (χ0) is 34.9. The Labute approximate surface area is 269 Å². The number of nitrogens with one attached hydrogen (secondary N) is 1. The molecule has 13 nitrogen and oxygen atoms in total. The first-order valence-corrected chi connectivity index (χ1v) is 14.5. The van der Waals surface area contributed by atoms with Gasteiger partial charge in [0.05, 0.1) is 44.7 Å². The quantitative estimate of drug-likeness (QED) is 0.218. The van der Waals surface area contributed by atoms with Crippen molar-refractivity contribution in [1.29, 1.82) is 0 Å². The monoisotopic (exact) mass is 674 g/mol. The Bertz CT molecular complexity index is 1970. The van der Waals surface area contributed by atoms with Crippen molar-refractivity contribution >= 4 is 28.6 Å². The fraction of sp³-hybridized carbons (Fsp3) is 0.355. The Morgan fingerprint density at radius 1 is 1.12 bits per heavy atom. The number of carbonyl (C=O) groups excluding carboxylic acids is 2. The second-order valence-corrected chi connectivity index (χ2v) is 10.9. The molecule has 1 amide bonds. The number of pyridine rings is 2. The number of methoxy groups -OCH3 is 2. The largest absolute Gasteiger partial charge is 0.495 e. The Morgan fingerprint density at radius 3 is 2.50 bits per heavy atom. The number of aryl methyl sites for hydroxylation is 2. The highest BCUT2D eigenvalue weighted by atomic mass is 19.4. The van der Waals surface area contributed by atoms with Crippen molar-refractivity contribution in [2.24, 2.45) is 7.05 Å². The van der Waals surface area contributed by atoms with Gasteiger partial charge in [0.15, 0.2) is 5.52 Å². The summed E-state index contributed by atoms with van der Waals surface area (Å²) in [6.45, 7) is 0.619. The highest BCUT2D eigenvalue weighted by molar-refractivity contribution is 5.98. The molecule has 1 fully saturated rings. The molecule has 0 aliphatic carbocycles. The number of rotatable bonds is 8. The number of anilines is 1. The summed E-state index contributed by atoms with van der Waals surface area (Å²) in [5, 5.41) is 2.43. The second kappa shape index (κ2) is 13.4. The summed E-state index contributed by atoms with van der Waals surface area (Å²) >= 11 is 0. The van der Waals surface area contributed by atoms with Crippen molar-refractivity contribution in [3.63, 3.8) is 0 Å². The molecule has 1 N–H and O–H groups in total. The standard InChI is InChI=1S/C31H30F4N6O7/c1-16-9-18(40-7-8-48-15-23(40)31(33,34)35)11-20(32)25(16)27(42)38-21(29(44)47-4)10-17-5-6-24(36-13-17)41-28(43)26-22(39(2)30(41)45)12-19(46-3)14-37-26/h5-6,9,11-14,21,23H,7-8,10,15H2,1-4H3,(H,38,42)/t21-,23+/m0/s1. The predicted molar refractivity (Wildman–Crippen MR) is 163 cm³/mol. The van der Waals surface area contributed by atoms with E-state index in [4.69, 9.17) is 14.2 Å². The fourth-order valence-corrected chi connectivity index (χ4v) is 5.45. The summed E-state index contributed by atoms with van der Waals surface area (Å²) in [7, 11) is 3.97. The number of halogens is 4. The molecule has 0 unspecified atom stereocenters. The van der Waals surface area contributed by atoms with Gasteiger partial charge in [0.2, 0.25) is 0 Å². The van der Waals surface area contributed by atoms with Gasteiger partial charge in [-0.15, -0.1) is 0 Å². The van der Waals surface area contributed by atoms with E-state index >= 15 is 4.39 Å². The van der Waals surface area contributed by atoms with Gasteiger partial charge in [0, 0.05) is 38.0 Å². The Kier molecular flexibility index (Phi) is 9.52. The van der Waals surface area contributed by atoms with Gasteiger partial charge < -0.3 is 24.4 Å². The number of benzene rings is 1. The van der Waals surface area contributed by atoms with Crippen molar-refractivity contribution in [2.45, 2.75) is 31.6 Å². The number of alkyl halides is 3. The van der Waals surface area contributed by atoms with Gasteiger partial charge in [-0.2, -0.15) is 13.2 Å². The number of amides is 1. The van der Waals surface area contributed by atoms with E-state index in [1.807, 2.05) is 0 Å². The highest BCUT2D eigenvalue weighted by Gasteiger charge is 2.45. The number of nitrogens with zero attached hydrogens (tertiary/aromatic N) is 5. The normalized spacial score (nSPS) is 15.7. The summed E-state index contributed by atoms with van der Waals surface area (Å²) < 4.78 is 73.1. The molecule has 1 aromatic carbocycles. The van der Waals surface area contributed by atoms with Gasteiger partial charge in [0.1, 0.15) is 29.5 Å². The SMILES string of the molecule is COC(=O)[C@H](Cc1ccc(-n2c(=O)c3ncc(OC)cc3n(C)c2=O)nc1)NC(=O)c1c(C)cc(N2CCOC[C@@H]2C(F)(F)F)cc1F. The molecule has 17 heteroatoms. The summed E-state index contributed by atoms with van der Waals surface area (Å²) in [4.78, 5) is 61.5. The van der Waals surface area contributed by atoms with Crippen molar-refractivity contribution < 1.29 is 41.4 Å². The first-order valence-electron chi connectivity index (χ1n) is 14.5. The number of ether oxygens (including phenoxy) is 3. The van der Waals surface area contributed by atoms with E-state index in [9.17, 15) is 32.3 Å². The topological polar surface area (TPSA) is 147 Å². The van der Waals surface area contributed by atoms with Crippen molar-refractivity contribution in [3.05, 3.63) is 86.1 Å². The van der Waals surface area contributed by atoms with Gasteiger partial charge in [-0.3, -0.25) is 14.2 Å². The van der Waals surface area contributed by atoms with Crippen LogP contribution in [0.2, 0.25) is 0 Å². The second-order valence-electron chi connectivity index (χ2n) is 10.9. The molecule has 1 aliphatic heterocycles. The number of morpholine rings is 1. The molecule has 48 heavy (non-hydrogen) atoms. The van der Waals surface area contributed by atoms with E-state index in [0.29, 0.717) is 11.3 Å². The van der Waals surface area contributed by atoms with Crippen molar-refractivity contribution in [3.8, 4) is 11.6 Å². The van der Waals surface area contributed by atoms with Crippen LogP contribution < -0.4 is 26.2 Å². The summed E-state index contributed by atoms with van der Waals surface area (Å²) in [5.41, 5.74) is -1.29.